The van der Waals surface area contributed by atoms with Gasteiger partial charge < -0.3 is 0 Å². The smallest absolute Gasteiger partial charge is 0.0225 e. The molecule has 0 radical (unpaired) electrons. The van der Waals surface area contributed by atoms with Crippen LogP contribution in [-0.2, 0) is 0 Å². The minimum atomic E-state index is 0.784. The van der Waals surface area contributed by atoms with Gasteiger partial charge in [-0.25, -0.2) is 0 Å². The van der Waals surface area contributed by atoms with E-state index in [0.717, 1.165) is 23.5 Å². The Morgan fingerprint density at radius 3 is 2.50 bits per heavy atom. The lowest BCUT2D eigenvalue weighted by atomic mass is 10.1. The monoisotopic (exact) mass is 198 g/mol. The second-order valence-corrected chi connectivity index (χ2v) is 3.23. The van der Waals surface area contributed by atoms with Gasteiger partial charge in [0.1, 0.15) is 0 Å². The molecule has 0 aromatic rings. The molecule has 0 aliphatic carbocycles. The van der Waals surface area contributed by atoms with E-state index >= 15 is 0 Å². The fraction of sp³-hybridized carbons (Fsp3) is 1.00. The fourth-order valence-electron chi connectivity index (χ4n) is 0.517. The van der Waals surface area contributed by atoms with Gasteiger partial charge in [0.05, 0.1) is 0 Å². The normalized spacial score (nSPS) is 13.9. The van der Waals surface area contributed by atoms with E-state index in [9.17, 15) is 0 Å². The molecule has 0 unspecified atom stereocenters. The Balaban J connectivity index is 2.92. The van der Waals surface area contributed by atoms with E-state index in [2.05, 4.69) is 22.9 Å². The van der Waals surface area contributed by atoms with Crippen molar-refractivity contribution in [1.29, 1.82) is 0 Å². The Morgan fingerprint density at radius 2 is 2.12 bits per heavy atom. The van der Waals surface area contributed by atoms with Crippen molar-refractivity contribution in [1.82, 2.24) is 0 Å². The quantitative estimate of drug-likeness (QED) is 0.611. The van der Waals surface area contributed by atoms with Crippen molar-refractivity contribution >= 4 is 27.5 Å². The first-order valence-electron chi connectivity index (χ1n) is 2.93. The Labute approximate surface area is 64.7 Å². The number of alkyl halides is 2. The largest absolute Gasteiger partial charge is 0.127 e. The molecule has 0 aliphatic heterocycles. The van der Waals surface area contributed by atoms with Gasteiger partial charge in [0, 0.05) is 11.2 Å². The molecule has 0 N–H and O–H groups in total. The van der Waals surface area contributed by atoms with Crippen LogP contribution in [0.25, 0.3) is 0 Å². The van der Waals surface area contributed by atoms with Crippen molar-refractivity contribution in [3.8, 4) is 0 Å². The lowest BCUT2D eigenvalue weighted by Crippen LogP contribution is -1.95. The maximum Gasteiger partial charge on any atom is 0.0225 e. The average Bonchev–Trinajstić information content (AvgIpc) is 1.68. The van der Waals surface area contributed by atoms with E-state index in [4.69, 9.17) is 11.6 Å². The van der Waals surface area contributed by atoms with Crippen LogP contribution in [0, 0.1) is 5.92 Å². The molecule has 0 heterocycles. The maximum atomic E-state index is 5.52. The summed E-state index contributed by atoms with van der Waals surface area (Å²) in [5.41, 5.74) is 0. The third-order valence-corrected chi connectivity index (χ3v) is 1.88. The lowest BCUT2D eigenvalue weighted by Gasteiger charge is -2.04. The van der Waals surface area contributed by atoms with Crippen LogP contribution in [-0.4, -0.2) is 11.2 Å². The Morgan fingerprint density at radius 1 is 1.50 bits per heavy atom. The van der Waals surface area contributed by atoms with E-state index < -0.39 is 0 Å². The fourth-order valence-corrected chi connectivity index (χ4v) is 1.67. The third kappa shape index (κ3) is 4.92. The molecular formula is C6H12BrCl. The predicted octanol–water partition coefficient (Wildman–Crippen LogP) is 3.04. The predicted molar refractivity (Wildman–Crippen MR) is 42.9 cm³/mol. The molecule has 0 aliphatic rings. The van der Waals surface area contributed by atoms with Crippen LogP contribution in [0.1, 0.15) is 19.8 Å². The van der Waals surface area contributed by atoms with E-state index in [1.807, 2.05) is 0 Å². The van der Waals surface area contributed by atoms with Gasteiger partial charge in [-0.05, 0) is 18.8 Å². The molecule has 50 valence electrons. The molecule has 2 heteroatoms. The van der Waals surface area contributed by atoms with Crippen LogP contribution in [0.2, 0.25) is 0 Å². The zero-order chi connectivity index (χ0) is 6.41. The summed E-state index contributed by atoms with van der Waals surface area (Å²) >= 11 is 8.89. The molecule has 0 spiro atoms. The minimum absolute atomic E-state index is 0.784. The van der Waals surface area contributed by atoms with E-state index in [1.54, 1.807) is 0 Å². The Hall–Kier alpha value is 0.770. The first kappa shape index (κ1) is 8.77. The molecule has 1 atom stereocenters. The molecule has 0 aromatic carbocycles. The van der Waals surface area contributed by atoms with Crippen LogP contribution in [0.4, 0.5) is 0 Å². The first-order valence-corrected chi connectivity index (χ1v) is 4.58. The number of halogens is 2. The molecule has 0 aromatic heterocycles. The molecule has 0 amide bonds. The second-order valence-electron chi connectivity index (χ2n) is 2.06. The molecule has 0 fully saturated rings. The van der Waals surface area contributed by atoms with Crippen molar-refractivity contribution in [2.45, 2.75) is 19.8 Å². The lowest BCUT2D eigenvalue weighted by molar-refractivity contribution is 0.553. The zero-order valence-corrected chi connectivity index (χ0v) is 7.50. The van der Waals surface area contributed by atoms with Crippen LogP contribution >= 0.6 is 27.5 Å². The first-order chi connectivity index (χ1) is 3.81. The van der Waals surface area contributed by atoms with Crippen LogP contribution in [0.3, 0.4) is 0 Å². The molecule has 0 nitrogen and oxygen atoms in total. The molecule has 8 heavy (non-hydrogen) atoms. The summed E-state index contributed by atoms with van der Waals surface area (Å²) in [6, 6.07) is 0. The number of hydrogen-bond donors (Lipinski definition) is 0. The van der Waals surface area contributed by atoms with E-state index in [1.165, 1.54) is 6.42 Å². The van der Waals surface area contributed by atoms with Gasteiger partial charge in [0.25, 0.3) is 0 Å². The van der Waals surface area contributed by atoms with Crippen molar-refractivity contribution in [3.05, 3.63) is 0 Å². The van der Waals surface area contributed by atoms with Gasteiger partial charge >= 0.3 is 0 Å². The van der Waals surface area contributed by atoms with Crippen LogP contribution in [0.5, 0.6) is 0 Å². The highest BCUT2D eigenvalue weighted by Crippen LogP contribution is 2.09. The maximum absolute atomic E-state index is 5.52. The van der Waals surface area contributed by atoms with Gasteiger partial charge in [-0.15, -0.1) is 11.6 Å². The second kappa shape index (κ2) is 5.90. The molecular weight excluding hydrogens is 187 g/mol. The van der Waals surface area contributed by atoms with Gasteiger partial charge in [-0.3, -0.25) is 0 Å². The molecule has 0 bridgehead atoms. The van der Waals surface area contributed by atoms with Crippen molar-refractivity contribution in [2.75, 3.05) is 11.2 Å². The highest BCUT2D eigenvalue weighted by molar-refractivity contribution is 9.09. The Kier molecular flexibility index (Phi) is 6.47. The highest BCUT2D eigenvalue weighted by Gasteiger charge is 1.97. The standard InChI is InChI=1S/C6H12BrCl/c1-6(2-4-7)3-5-8/h6H,2-5H2,1H3/t6-/m1/s1. The van der Waals surface area contributed by atoms with Gasteiger partial charge in [0.2, 0.25) is 0 Å². The molecule has 0 saturated carbocycles. The van der Waals surface area contributed by atoms with Crippen molar-refractivity contribution in [2.24, 2.45) is 5.92 Å². The number of hydrogen-bond acceptors (Lipinski definition) is 0. The summed E-state index contributed by atoms with van der Waals surface area (Å²) in [6.45, 7) is 2.23. The summed E-state index contributed by atoms with van der Waals surface area (Å²) in [5.74, 6) is 1.58. The SMILES string of the molecule is C[C@@H](CCCl)CCBr. The third-order valence-electron chi connectivity index (χ3n) is 1.20. The van der Waals surface area contributed by atoms with Crippen LogP contribution in [0.15, 0.2) is 0 Å². The summed E-state index contributed by atoms with van der Waals surface area (Å²) in [7, 11) is 0. The summed E-state index contributed by atoms with van der Waals surface area (Å²) in [5, 5.41) is 1.10. The Bertz CT molecular complexity index is 41.8. The van der Waals surface area contributed by atoms with E-state index in [-0.39, 0.29) is 0 Å². The minimum Gasteiger partial charge on any atom is -0.127 e. The van der Waals surface area contributed by atoms with Crippen molar-refractivity contribution < 1.29 is 0 Å². The summed E-state index contributed by atoms with van der Waals surface area (Å²) in [4.78, 5) is 0. The zero-order valence-electron chi connectivity index (χ0n) is 5.16. The van der Waals surface area contributed by atoms with Gasteiger partial charge in [0.15, 0.2) is 0 Å². The average molecular weight is 200 g/mol. The van der Waals surface area contributed by atoms with Crippen LogP contribution < -0.4 is 0 Å². The molecule has 0 saturated heterocycles. The highest BCUT2D eigenvalue weighted by atomic mass is 79.9. The van der Waals surface area contributed by atoms with Crippen molar-refractivity contribution in [3.63, 3.8) is 0 Å². The summed E-state index contributed by atoms with van der Waals surface area (Å²) in [6.07, 6.45) is 2.39. The topological polar surface area (TPSA) is 0 Å². The summed E-state index contributed by atoms with van der Waals surface area (Å²) < 4.78 is 0. The van der Waals surface area contributed by atoms with Gasteiger partial charge in [-0.1, -0.05) is 22.9 Å². The number of rotatable bonds is 4. The van der Waals surface area contributed by atoms with Gasteiger partial charge in [-0.2, -0.15) is 0 Å². The van der Waals surface area contributed by atoms with E-state index in [0.29, 0.717) is 0 Å². The molecule has 0 rings (SSSR count).